The Balaban J connectivity index is 1.89. The summed E-state index contributed by atoms with van der Waals surface area (Å²) in [4.78, 5) is 0.600. The fourth-order valence-corrected chi connectivity index (χ4v) is 5.58. The number of benzene rings is 2. The Kier molecular flexibility index (Phi) is 5.90. The fraction of sp³-hybridized carbons (Fsp3) is 0.227. The van der Waals surface area contributed by atoms with E-state index in [-0.39, 0.29) is 4.90 Å². The number of fused-ring (bicyclic) bond motifs is 1. The van der Waals surface area contributed by atoms with Crippen LogP contribution in [0.5, 0.6) is 0 Å². The lowest BCUT2D eigenvalue weighted by atomic mass is 10.1. The molecule has 0 amide bonds. The molecule has 0 atom stereocenters. The van der Waals surface area contributed by atoms with Crippen molar-refractivity contribution in [3.63, 3.8) is 0 Å². The summed E-state index contributed by atoms with van der Waals surface area (Å²) in [6.45, 7) is 3.07. The summed E-state index contributed by atoms with van der Waals surface area (Å²) in [6, 6.07) is 16.1. The lowest BCUT2D eigenvalue weighted by molar-refractivity contribution is 0.190. The molecule has 0 aliphatic heterocycles. The van der Waals surface area contributed by atoms with E-state index in [1.807, 2.05) is 41.1 Å². The third-order valence-corrected chi connectivity index (χ3v) is 7.06. The van der Waals surface area contributed by atoms with Crippen molar-refractivity contribution >= 4 is 32.3 Å². The Hall–Kier alpha value is -2.68. The molecule has 4 rings (SSSR count). The second-order valence-electron chi connectivity index (χ2n) is 6.81. The van der Waals surface area contributed by atoms with Gasteiger partial charge < -0.3 is 13.7 Å². The number of sulfonamides is 1. The van der Waals surface area contributed by atoms with Gasteiger partial charge in [0.2, 0.25) is 4.80 Å². The Bertz CT molecular complexity index is 1330. The molecule has 4 aromatic rings. The predicted molar refractivity (Wildman–Crippen MR) is 118 cm³/mol. The SMILES string of the molecule is COCCCn1c(-c2c(C)oc3ccccc23)cs/c1=N\S(=O)(=O)c1ccccc1. The lowest BCUT2D eigenvalue weighted by Gasteiger charge is -2.09. The standard InChI is InChI=1S/C22H22N2O4S2/c1-16-21(18-11-6-7-12-20(18)28-16)19-15-29-22(24(19)13-8-14-27-2)23-30(25,26)17-9-4-3-5-10-17/h3-7,9-12,15H,8,13-14H2,1-2H3/b23-22-. The number of para-hydroxylation sites is 1. The number of aromatic nitrogens is 1. The van der Waals surface area contributed by atoms with Gasteiger partial charge in [-0.15, -0.1) is 15.7 Å². The summed E-state index contributed by atoms with van der Waals surface area (Å²) in [5.74, 6) is 0.784. The van der Waals surface area contributed by atoms with Crippen molar-refractivity contribution < 1.29 is 17.6 Å². The molecule has 8 heteroatoms. The Morgan fingerprint density at radius 2 is 1.83 bits per heavy atom. The second-order valence-corrected chi connectivity index (χ2v) is 9.25. The van der Waals surface area contributed by atoms with E-state index in [4.69, 9.17) is 9.15 Å². The topological polar surface area (TPSA) is 73.8 Å². The molecule has 2 aromatic heterocycles. The highest BCUT2D eigenvalue weighted by Crippen LogP contribution is 2.34. The molecular weight excluding hydrogens is 420 g/mol. The van der Waals surface area contributed by atoms with Crippen LogP contribution in [0.2, 0.25) is 0 Å². The van der Waals surface area contributed by atoms with Crippen molar-refractivity contribution in [3.8, 4) is 11.3 Å². The first-order valence-corrected chi connectivity index (χ1v) is 11.8. The zero-order valence-electron chi connectivity index (χ0n) is 16.7. The van der Waals surface area contributed by atoms with Crippen LogP contribution in [-0.2, 0) is 21.3 Å². The van der Waals surface area contributed by atoms with E-state index in [1.54, 1.807) is 37.4 Å². The van der Waals surface area contributed by atoms with Gasteiger partial charge in [0, 0.05) is 36.6 Å². The molecule has 0 saturated carbocycles. The summed E-state index contributed by atoms with van der Waals surface area (Å²) >= 11 is 1.31. The van der Waals surface area contributed by atoms with Crippen molar-refractivity contribution in [2.45, 2.75) is 24.8 Å². The van der Waals surface area contributed by atoms with Crippen molar-refractivity contribution in [1.29, 1.82) is 0 Å². The van der Waals surface area contributed by atoms with E-state index in [9.17, 15) is 8.42 Å². The number of ether oxygens (including phenoxy) is 1. The van der Waals surface area contributed by atoms with Gasteiger partial charge in [-0.3, -0.25) is 0 Å². The predicted octanol–water partition coefficient (Wildman–Crippen LogP) is 4.60. The molecule has 2 aromatic carbocycles. The number of nitrogens with zero attached hydrogens (tertiary/aromatic N) is 2. The molecule has 2 heterocycles. The first kappa shape index (κ1) is 20.6. The molecule has 30 heavy (non-hydrogen) atoms. The highest BCUT2D eigenvalue weighted by Gasteiger charge is 2.19. The molecule has 0 N–H and O–H groups in total. The number of thiazole rings is 1. The monoisotopic (exact) mass is 442 g/mol. The van der Waals surface area contributed by atoms with Crippen LogP contribution < -0.4 is 4.80 Å². The van der Waals surface area contributed by atoms with Crippen LogP contribution in [0.1, 0.15) is 12.2 Å². The van der Waals surface area contributed by atoms with E-state index in [0.717, 1.165) is 34.4 Å². The van der Waals surface area contributed by atoms with Crippen molar-refractivity contribution in [3.05, 3.63) is 70.5 Å². The number of furan rings is 1. The van der Waals surface area contributed by atoms with Crippen LogP contribution in [0.15, 0.2) is 73.7 Å². The van der Waals surface area contributed by atoms with Crippen molar-refractivity contribution in [1.82, 2.24) is 4.57 Å². The van der Waals surface area contributed by atoms with Crippen LogP contribution in [0.3, 0.4) is 0 Å². The zero-order valence-corrected chi connectivity index (χ0v) is 18.4. The van der Waals surface area contributed by atoms with E-state index >= 15 is 0 Å². The zero-order chi connectivity index (χ0) is 21.1. The molecule has 0 aliphatic rings. The molecule has 0 aliphatic carbocycles. The van der Waals surface area contributed by atoms with Gasteiger partial charge >= 0.3 is 0 Å². The molecule has 6 nitrogen and oxygen atoms in total. The minimum absolute atomic E-state index is 0.174. The first-order chi connectivity index (χ1) is 14.5. The van der Waals surface area contributed by atoms with Gasteiger partial charge in [0.15, 0.2) is 0 Å². The molecule has 0 unspecified atom stereocenters. The maximum atomic E-state index is 12.8. The minimum atomic E-state index is -3.81. The molecular formula is C22H22N2O4S2. The number of hydrogen-bond donors (Lipinski definition) is 0. The first-order valence-electron chi connectivity index (χ1n) is 9.53. The van der Waals surface area contributed by atoms with Gasteiger partial charge in [0.1, 0.15) is 11.3 Å². The smallest absolute Gasteiger partial charge is 0.285 e. The van der Waals surface area contributed by atoms with Gasteiger partial charge in [0.25, 0.3) is 10.0 Å². The Labute approximate surface area is 179 Å². The second kappa shape index (κ2) is 8.59. The fourth-order valence-electron chi connectivity index (χ4n) is 3.42. The molecule has 156 valence electrons. The van der Waals surface area contributed by atoms with Crippen molar-refractivity contribution in [2.24, 2.45) is 4.40 Å². The van der Waals surface area contributed by atoms with E-state index in [2.05, 4.69) is 4.40 Å². The summed E-state index contributed by atoms with van der Waals surface area (Å²) < 4.78 is 42.9. The van der Waals surface area contributed by atoms with Crippen molar-refractivity contribution in [2.75, 3.05) is 13.7 Å². The number of rotatable bonds is 7. The van der Waals surface area contributed by atoms with E-state index in [0.29, 0.717) is 18.0 Å². The van der Waals surface area contributed by atoms with E-state index < -0.39 is 10.0 Å². The maximum Gasteiger partial charge on any atom is 0.285 e. The molecule has 0 bridgehead atoms. The maximum absolute atomic E-state index is 12.8. The van der Waals surface area contributed by atoms with Crippen LogP contribution in [0.4, 0.5) is 0 Å². The Morgan fingerprint density at radius 1 is 1.10 bits per heavy atom. The molecule has 0 saturated heterocycles. The lowest BCUT2D eigenvalue weighted by Crippen LogP contribution is -2.19. The molecule has 0 fully saturated rings. The third-order valence-electron chi connectivity index (χ3n) is 4.79. The van der Waals surface area contributed by atoms with Crippen LogP contribution in [0, 0.1) is 6.92 Å². The number of hydrogen-bond acceptors (Lipinski definition) is 5. The van der Waals surface area contributed by atoms with Crippen LogP contribution in [0.25, 0.3) is 22.2 Å². The van der Waals surface area contributed by atoms with Gasteiger partial charge in [-0.2, -0.15) is 8.42 Å². The highest BCUT2D eigenvalue weighted by atomic mass is 32.2. The van der Waals surface area contributed by atoms with Gasteiger partial charge in [-0.25, -0.2) is 0 Å². The van der Waals surface area contributed by atoms with Gasteiger partial charge in [-0.1, -0.05) is 36.4 Å². The quantitative estimate of drug-likeness (QED) is 0.392. The average Bonchev–Trinajstić information content (AvgIpc) is 3.28. The average molecular weight is 443 g/mol. The number of methoxy groups -OCH3 is 1. The summed E-state index contributed by atoms with van der Waals surface area (Å²) in [6.07, 6.45) is 0.730. The summed E-state index contributed by atoms with van der Waals surface area (Å²) in [7, 11) is -2.16. The van der Waals surface area contributed by atoms with Gasteiger partial charge in [-0.05, 0) is 31.5 Å². The highest BCUT2D eigenvalue weighted by molar-refractivity contribution is 7.90. The number of aryl methyl sites for hydroxylation is 1. The van der Waals surface area contributed by atoms with Crippen LogP contribution in [-0.4, -0.2) is 26.7 Å². The largest absolute Gasteiger partial charge is 0.461 e. The minimum Gasteiger partial charge on any atom is -0.461 e. The van der Waals surface area contributed by atoms with Crippen LogP contribution >= 0.6 is 11.3 Å². The summed E-state index contributed by atoms with van der Waals surface area (Å²) in [5.41, 5.74) is 2.65. The third kappa shape index (κ3) is 3.98. The summed E-state index contributed by atoms with van der Waals surface area (Å²) in [5, 5.41) is 2.93. The molecule has 0 radical (unpaired) electrons. The Morgan fingerprint density at radius 3 is 2.60 bits per heavy atom. The van der Waals surface area contributed by atoms with Gasteiger partial charge in [0.05, 0.1) is 10.6 Å². The van der Waals surface area contributed by atoms with E-state index in [1.165, 1.54) is 11.3 Å². The molecule has 0 spiro atoms. The normalized spacial score (nSPS) is 12.7.